The van der Waals surface area contributed by atoms with E-state index in [0.717, 1.165) is 11.4 Å². The van der Waals surface area contributed by atoms with Crippen molar-refractivity contribution in [2.75, 3.05) is 6.66 Å². The van der Waals surface area contributed by atoms with Crippen LogP contribution >= 0.6 is 41.9 Å². The molecule has 0 aliphatic heterocycles. The van der Waals surface area contributed by atoms with Gasteiger partial charge in [0.15, 0.2) is 0 Å². The molecule has 3 rings (SSSR count). The van der Waals surface area contributed by atoms with Crippen LogP contribution in [0.15, 0.2) is 48.0 Å². The van der Waals surface area contributed by atoms with Crippen molar-refractivity contribution in [2.45, 2.75) is 5.66 Å². The van der Waals surface area contributed by atoms with E-state index in [2.05, 4.69) is 5.32 Å². The number of carbonyl (C=O) groups is 1. The Morgan fingerprint density at radius 1 is 1.32 bits per heavy atom. The molecule has 0 fully saturated rings. The van der Waals surface area contributed by atoms with E-state index in [1.807, 2.05) is 0 Å². The Labute approximate surface area is 175 Å². The predicted octanol–water partition coefficient (Wildman–Crippen LogP) is 6.08. The van der Waals surface area contributed by atoms with Crippen LogP contribution in [0.3, 0.4) is 0 Å². The largest absolute Gasteiger partial charge is 0.344 e. The van der Waals surface area contributed by atoms with Gasteiger partial charge in [-0.25, -0.2) is 4.39 Å². The minimum absolute atomic E-state index is 0.0404. The lowest BCUT2D eigenvalue weighted by molar-refractivity contribution is -0.120. The highest BCUT2D eigenvalue weighted by Gasteiger charge is 2.36. The number of benzene rings is 2. The Hall–Kier alpha value is -1.69. The van der Waals surface area contributed by atoms with Crippen LogP contribution in [0.5, 0.6) is 0 Å². The molecule has 1 aromatic heterocycles. The van der Waals surface area contributed by atoms with Crippen LogP contribution in [0.4, 0.5) is 4.39 Å². The van der Waals surface area contributed by atoms with Crippen molar-refractivity contribution < 1.29 is 18.6 Å². The zero-order chi connectivity index (χ0) is 20.5. The van der Waals surface area contributed by atoms with Crippen LogP contribution in [-0.4, -0.2) is 17.5 Å². The minimum atomic E-state index is -3.85. The van der Waals surface area contributed by atoms with Crippen LogP contribution in [0, 0.1) is 5.82 Å². The quantitative estimate of drug-likeness (QED) is 0.456. The zero-order valence-electron chi connectivity index (χ0n) is 14.5. The summed E-state index contributed by atoms with van der Waals surface area (Å²) in [5.41, 5.74) is -0.676. The maximum absolute atomic E-state index is 13.9. The number of halogens is 3. The fourth-order valence-electron chi connectivity index (χ4n) is 2.79. The smallest absolute Gasteiger partial charge is 0.241 e. The summed E-state index contributed by atoms with van der Waals surface area (Å²) < 4.78 is 27.2. The van der Waals surface area contributed by atoms with Crippen molar-refractivity contribution in [2.24, 2.45) is 0 Å². The van der Waals surface area contributed by atoms with Gasteiger partial charge in [0, 0.05) is 28.2 Å². The number of thiophene rings is 1. The molecule has 2 N–H and O–H groups in total. The third-order valence-electron chi connectivity index (χ3n) is 4.06. The third-order valence-corrected chi connectivity index (χ3v) is 7.04. The lowest BCUT2D eigenvalue weighted by atomic mass is 10.1. The highest BCUT2D eigenvalue weighted by Crippen LogP contribution is 2.54. The maximum Gasteiger partial charge on any atom is 0.241 e. The van der Waals surface area contributed by atoms with Crippen LogP contribution in [0.1, 0.15) is 16.8 Å². The summed E-state index contributed by atoms with van der Waals surface area (Å²) in [7, 11) is -3.85. The molecule has 0 saturated carbocycles. The van der Waals surface area contributed by atoms with Crippen LogP contribution < -0.4 is 5.32 Å². The highest BCUT2D eigenvalue weighted by atomic mass is 35.5. The van der Waals surface area contributed by atoms with Crippen molar-refractivity contribution in [3.8, 4) is 0 Å². The molecule has 28 heavy (non-hydrogen) atoms. The Morgan fingerprint density at radius 3 is 2.79 bits per heavy atom. The Morgan fingerprint density at radius 2 is 2.07 bits per heavy atom. The zero-order valence-corrected chi connectivity index (χ0v) is 17.7. The summed E-state index contributed by atoms with van der Waals surface area (Å²) in [6.07, 6.45) is 2.55. The molecule has 2 unspecified atom stereocenters. The van der Waals surface area contributed by atoms with Gasteiger partial charge >= 0.3 is 0 Å². The first-order valence-electron chi connectivity index (χ1n) is 8.06. The van der Waals surface area contributed by atoms with Crippen molar-refractivity contribution in [1.29, 1.82) is 0 Å². The molecule has 4 nitrogen and oxygen atoms in total. The standard InChI is InChI=1S/C19H15Cl2FNO3PS/c1-27(25,26)18(14-10-28-16-6-5-12(20)9-13(14)16)19(24)23-8-7-11-3-2-4-15(21)17(11)22/h2-10,18H,1H3,(H,23,24)(H,25,26)/b8-7+. The molecule has 146 valence electrons. The van der Waals surface area contributed by atoms with E-state index in [9.17, 15) is 18.6 Å². The molecule has 0 spiro atoms. The van der Waals surface area contributed by atoms with Crippen LogP contribution in [0.2, 0.25) is 10.0 Å². The summed E-state index contributed by atoms with van der Waals surface area (Å²) in [5, 5.41) is 5.22. The van der Waals surface area contributed by atoms with Gasteiger partial charge in [0.2, 0.25) is 13.3 Å². The third kappa shape index (κ3) is 4.48. The number of hydrogen-bond acceptors (Lipinski definition) is 3. The maximum atomic E-state index is 13.9. The molecule has 3 aromatic rings. The van der Waals surface area contributed by atoms with Gasteiger partial charge in [-0.15, -0.1) is 11.3 Å². The molecule has 9 heteroatoms. The van der Waals surface area contributed by atoms with Crippen molar-refractivity contribution in [3.63, 3.8) is 0 Å². The summed E-state index contributed by atoms with van der Waals surface area (Å²) in [6.45, 7) is 1.13. The first kappa shape index (κ1) is 21.0. The summed E-state index contributed by atoms with van der Waals surface area (Å²) in [6, 6.07) is 9.65. The van der Waals surface area contributed by atoms with Crippen molar-refractivity contribution in [3.05, 3.63) is 75.0 Å². The lowest BCUT2D eigenvalue weighted by Crippen LogP contribution is -2.25. The first-order chi connectivity index (χ1) is 13.2. The predicted molar refractivity (Wildman–Crippen MR) is 114 cm³/mol. The number of rotatable bonds is 5. The van der Waals surface area contributed by atoms with E-state index < -0.39 is 24.8 Å². The second-order valence-electron chi connectivity index (χ2n) is 6.16. The Balaban J connectivity index is 1.91. The molecule has 0 saturated heterocycles. The number of hydrogen-bond donors (Lipinski definition) is 2. The monoisotopic (exact) mass is 457 g/mol. The Kier molecular flexibility index (Phi) is 6.28. The van der Waals surface area contributed by atoms with E-state index in [1.54, 1.807) is 29.6 Å². The molecule has 0 radical (unpaired) electrons. The fourth-order valence-corrected chi connectivity index (χ4v) is 5.45. The molecule has 2 atom stereocenters. The van der Waals surface area contributed by atoms with Gasteiger partial charge in [0.05, 0.1) is 5.02 Å². The van der Waals surface area contributed by atoms with E-state index in [1.165, 1.54) is 35.7 Å². The summed E-state index contributed by atoms with van der Waals surface area (Å²) >= 11 is 13.1. The molecular formula is C19H15Cl2FNO3PS. The minimum Gasteiger partial charge on any atom is -0.344 e. The van der Waals surface area contributed by atoms with Crippen LogP contribution in [0.25, 0.3) is 16.2 Å². The van der Waals surface area contributed by atoms with E-state index in [0.29, 0.717) is 16.0 Å². The first-order valence-corrected chi connectivity index (χ1v) is 11.9. The summed E-state index contributed by atoms with van der Waals surface area (Å²) in [4.78, 5) is 22.9. The molecule has 0 aliphatic rings. The number of fused-ring (bicyclic) bond motifs is 1. The van der Waals surface area contributed by atoms with Gasteiger partial charge in [-0.3, -0.25) is 9.36 Å². The summed E-state index contributed by atoms with van der Waals surface area (Å²) in [5.74, 6) is -1.29. The van der Waals surface area contributed by atoms with E-state index in [4.69, 9.17) is 23.2 Å². The van der Waals surface area contributed by atoms with E-state index >= 15 is 0 Å². The number of nitrogens with one attached hydrogen (secondary N) is 1. The lowest BCUT2D eigenvalue weighted by Gasteiger charge is -2.18. The number of amides is 1. The van der Waals surface area contributed by atoms with Gasteiger partial charge in [-0.1, -0.05) is 35.3 Å². The van der Waals surface area contributed by atoms with Gasteiger partial charge < -0.3 is 10.2 Å². The second-order valence-corrected chi connectivity index (χ2v) is 10.3. The van der Waals surface area contributed by atoms with Gasteiger partial charge in [0.25, 0.3) is 0 Å². The molecule has 1 heterocycles. The van der Waals surface area contributed by atoms with Crippen LogP contribution in [-0.2, 0) is 9.36 Å². The topological polar surface area (TPSA) is 66.4 Å². The average molecular weight is 458 g/mol. The van der Waals surface area contributed by atoms with E-state index in [-0.39, 0.29) is 10.6 Å². The average Bonchev–Trinajstić information content (AvgIpc) is 3.00. The second kappa shape index (κ2) is 8.36. The molecule has 0 bridgehead atoms. The van der Waals surface area contributed by atoms with Crippen molar-refractivity contribution >= 4 is 64.0 Å². The molecule has 0 aliphatic carbocycles. The fraction of sp³-hybridized carbons (Fsp3) is 0.105. The van der Waals surface area contributed by atoms with Gasteiger partial charge in [0.1, 0.15) is 11.5 Å². The highest BCUT2D eigenvalue weighted by molar-refractivity contribution is 7.58. The number of carbonyl (C=O) groups excluding carboxylic acids is 1. The SMILES string of the molecule is CP(=O)(O)C(C(=O)N/C=C/c1cccc(Cl)c1F)c1csc2ccc(Cl)cc12. The molecule has 2 aromatic carbocycles. The molecule has 1 amide bonds. The Bertz CT molecular complexity index is 1130. The van der Waals surface area contributed by atoms with Gasteiger partial charge in [-0.05, 0) is 46.7 Å². The normalized spacial score (nSPS) is 14.9. The molecular weight excluding hydrogens is 443 g/mol. The van der Waals surface area contributed by atoms with Crippen molar-refractivity contribution in [1.82, 2.24) is 5.32 Å². The van der Waals surface area contributed by atoms with Gasteiger partial charge in [-0.2, -0.15) is 0 Å².